The highest BCUT2D eigenvalue weighted by Gasteiger charge is 2.31. The van der Waals surface area contributed by atoms with E-state index in [-0.39, 0.29) is 11.1 Å². The van der Waals surface area contributed by atoms with Crippen LogP contribution < -0.4 is 4.74 Å². The molecule has 5 nitrogen and oxygen atoms in total. The first-order valence-corrected chi connectivity index (χ1v) is 8.52. The maximum Gasteiger partial charge on any atom is 0.416 e. The molecule has 0 N–H and O–H groups in total. The van der Waals surface area contributed by atoms with Crippen LogP contribution in [0.25, 0.3) is 10.9 Å². The zero-order valence-electron chi connectivity index (χ0n) is 15.5. The molecule has 1 aromatic heterocycles. The number of esters is 1. The number of ether oxygens (including phenoxy) is 2. The van der Waals surface area contributed by atoms with Gasteiger partial charge in [-0.1, -0.05) is 12.1 Å². The van der Waals surface area contributed by atoms with Crippen molar-refractivity contribution in [2.45, 2.75) is 13.1 Å². The average molecular weight is 403 g/mol. The first-order chi connectivity index (χ1) is 13.7. The Hall–Kier alpha value is -3.42. The Kier molecular flexibility index (Phi) is 5.54. The number of benzene rings is 2. The van der Waals surface area contributed by atoms with Crippen molar-refractivity contribution in [3.63, 3.8) is 0 Å². The number of hydrogen-bond acceptors (Lipinski definition) is 5. The molecule has 0 unspecified atom stereocenters. The van der Waals surface area contributed by atoms with Crippen molar-refractivity contribution in [2.75, 3.05) is 13.7 Å². The summed E-state index contributed by atoms with van der Waals surface area (Å²) in [5.41, 5.74) is 0.0746. The summed E-state index contributed by atoms with van der Waals surface area (Å²) in [6.45, 7) is 0.935. The normalized spacial score (nSPS) is 11.3. The van der Waals surface area contributed by atoms with E-state index in [9.17, 15) is 22.8 Å². The van der Waals surface area contributed by atoms with Crippen LogP contribution in [-0.4, -0.2) is 30.5 Å². The largest absolute Gasteiger partial charge is 0.497 e. The fourth-order valence-corrected chi connectivity index (χ4v) is 2.75. The number of ketones is 1. The number of pyridine rings is 1. The molecule has 0 amide bonds. The van der Waals surface area contributed by atoms with Gasteiger partial charge in [-0.3, -0.25) is 9.78 Å². The van der Waals surface area contributed by atoms with Crippen LogP contribution in [0.2, 0.25) is 0 Å². The van der Waals surface area contributed by atoms with E-state index < -0.39 is 30.1 Å². The van der Waals surface area contributed by atoms with Gasteiger partial charge in [-0.15, -0.1) is 0 Å². The van der Waals surface area contributed by atoms with Gasteiger partial charge in [0.2, 0.25) is 0 Å². The van der Waals surface area contributed by atoms with Crippen LogP contribution >= 0.6 is 0 Å². The molecule has 29 heavy (non-hydrogen) atoms. The molecule has 0 saturated carbocycles. The number of nitrogens with zero attached hydrogens (tertiary/aromatic N) is 1. The van der Waals surface area contributed by atoms with Crippen LogP contribution in [0.3, 0.4) is 0 Å². The molecule has 0 atom stereocenters. The van der Waals surface area contributed by atoms with Crippen molar-refractivity contribution in [3.8, 4) is 5.75 Å². The van der Waals surface area contributed by atoms with E-state index in [1.807, 2.05) is 0 Å². The van der Waals surface area contributed by atoms with Crippen LogP contribution in [0.5, 0.6) is 5.75 Å². The Morgan fingerprint density at radius 3 is 2.52 bits per heavy atom. The summed E-state index contributed by atoms with van der Waals surface area (Å²) in [7, 11) is 1.51. The number of carbonyl (C=O) groups is 2. The van der Waals surface area contributed by atoms with Crippen molar-refractivity contribution >= 4 is 22.7 Å². The van der Waals surface area contributed by atoms with E-state index in [0.717, 1.165) is 18.2 Å². The predicted octanol–water partition coefficient (Wildman–Crippen LogP) is 4.61. The SMILES string of the molecule is COc1ccc2nc(C)c(C(=O)OCC(=O)c3cccc(C(F)(F)F)c3)cc2c1. The lowest BCUT2D eigenvalue weighted by molar-refractivity contribution is -0.137. The van der Waals surface area contributed by atoms with E-state index >= 15 is 0 Å². The lowest BCUT2D eigenvalue weighted by Crippen LogP contribution is -2.16. The molecule has 0 bridgehead atoms. The molecule has 0 fully saturated rings. The molecule has 0 aliphatic heterocycles. The fourth-order valence-electron chi connectivity index (χ4n) is 2.75. The van der Waals surface area contributed by atoms with E-state index in [1.165, 1.54) is 13.2 Å². The first kappa shape index (κ1) is 20.3. The van der Waals surface area contributed by atoms with Gasteiger partial charge in [0.05, 0.1) is 29.4 Å². The van der Waals surface area contributed by atoms with Crippen LogP contribution in [0.1, 0.15) is 32.0 Å². The molecule has 8 heteroatoms. The van der Waals surface area contributed by atoms with Gasteiger partial charge in [0, 0.05) is 10.9 Å². The van der Waals surface area contributed by atoms with Gasteiger partial charge in [0.1, 0.15) is 5.75 Å². The van der Waals surface area contributed by atoms with Gasteiger partial charge in [-0.25, -0.2) is 4.79 Å². The smallest absolute Gasteiger partial charge is 0.416 e. The minimum Gasteiger partial charge on any atom is -0.497 e. The van der Waals surface area contributed by atoms with Crippen molar-refractivity contribution in [2.24, 2.45) is 0 Å². The highest BCUT2D eigenvalue weighted by molar-refractivity contribution is 6.00. The summed E-state index contributed by atoms with van der Waals surface area (Å²) in [5.74, 6) is -0.945. The topological polar surface area (TPSA) is 65.5 Å². The molecule has 150 valence electrons. The lowest BCUT2D eigenvalue weighted by atomic mass is 10.1. The van der Waals surface area contributed by atoms with Gasteiger partial charge in [-0.2, -0.15) is 13.2 Å². The molecule has 2 aromatic carbocycles. The number of halogens is 3. The molecule has 3 rings (SSSR count). The zero-order valence-corrected chi connectivity index (χ0v) is 15.5. The molecular weight excluding hydrogens is 387 g/mol. The van der Waals surface area contributed by atoms with Crippen LogP contribution in [0, 0.1) is 6.92 Å². The summed E-state index contributed by atoms with van der Waals surface area (Å²) in [6.07, 6.45) is -4.57. The number of fused-ring (bicyclic) bond motifs is 1. The summed E-state index contributed by atoms with van der Waals surface area (Å²) in [5, 5.41) is 0.645. The number of carbonyl (C=O) groups excluding carboxylic acids is 2. The summed E-state index contributed by atoms with van der Waals surface area (Å²) < 4.78 is 48.5. The van der Waals surface area contributed by atoms with Gasteiger partial charge in [-0.05, 0) is 43.3 Å². The number of Topliss-reactive ketones (excluding diaryl/α,β-unsaturated/α-hetero) is 1. The third-order valence-corrected chi connectivity index (χ3v) is 4.28. The van der Waals surface area contributed by atoms with Gasteiger partial charge in [0.15, 0.2) is 12.4 Å². The van der Waals surface area contributed by atoms with Gasteiger partial charge in [0.25, 0.3) is 0 Å². The molecular formula is C21H16F3NO4. The Morgan fingerprint density at radius 1 is 1.07 bits per heavy atom. The monoisotopic (exact) mass is 403 g/mol. The van der Waals surface area contributed by atoms with E-state index in [2.05, 4.69) is 4.98 Å². The minimum absolute atomic E-state index is 0.155. The number of hydrogen-bond donors (Lipinski definition) is 0. The Morgan fingerprint density at radius 2 is 1.83 bits per heavy atom. The van der Waals surface area contributed by atoms with Crippen molar-refractivity contribution in [1.82, 2.24) is 4.98 Å². The zero-order chi connectivity index (χ0) is 21.2. The molecule has 0 spiro atoms. The number of alkyl halides is 3. The van der Waals surface area contributed by atoms with Crippen molar-refractivity contribution in [3.05, 3.63) is 70.9 Å². The van der Waals surface area contributed by atoms with E-state index in [4.69, 9.17) is 9.47 Å². The Bertz CT molecular complexity index is 1090. The molecule has 1 heterocycles. The van der Waals surface area contributed by atoms with Crippen molar-refractivity contribution in [1.29, 1.82) is 0 Å². The van der Waals surface area contributed by atoms with E-state index in [0.29, 0.717) is 22.3 Å². The quantitative estimate of drug-likeness (QED) is 0.460. The molecule has 0 aliphatic carbocycles. The number of aromatic nitrogens is 1. The van der Waals surface area contributed by atoms with Gasteiger partial charge >= 0.3 is 12.1 Å². The van der Waals surface area contributed by atoms with Crippen molar-refractivity contribution < 1.29 is 32.2 Å². The van der Waals surface area contributed by atoms with E-state index in [1.54, 1.807) is 31.2 Å². The lowest BCUT2D eigenvalue weighted by Gasteiger charge is -2.10. The van der Waals surface area contributed by atoms with Crippen LogP contribution in [0.4, 0.5) is 13.2 Å². The third-order valence-electron chi connectivity index (χ3n) is 4.28. The first-order valence-electron chi connectivity index (χ1n) is 8.52. The highest BCUT2D eigenvalue weighted by atomic mass is 19.4. The second kappa shape index (κ2) is 7.90. The molecule has 0 saturated heterocycles. The number of rotatable bonds is 5. The fraction of sp³-hybridized carbons (Fsp3) is 0.190. The number of aryl methyl sites for hydroxylation is 1. The molecule has 0 aliphatic rings. The molecule has 0 radical (unpaired) electrons. The van der Waals surface area contributed by atoms with Crippen LogP contribution in [-0.2, 0) is 10.9 Å². The number of methoxy groups -OCH3 is 1. The highest BCUT2D eigenvalue weighted by Crippen LogP contribution is 2.29. The standard InChI is InChI=1S/C21H16F3NO4/c1-12-17(10-14-9-16(28-2)6-7-18(14)25-12)20(27)29-11-19(26)13-4-3-5-15(8-13)21(22,23)24/h3-10H,11H2,1-2H3. The Labute approximate surface area is 164 Å². The second-order valence-corrected chi connectivity index (χ2v) is 6.26. The van der Waals surface area contributed by atoms with Gasteiger partial charge < -0.3 is 9.47 Å². The third kappa shape index (κ3) is 4.53. The maximum absolute atomic E-state index is 12.8. The average Bonchev–Trinajstić information content (AvgIpc) is 2.70. The summed E-state index contributed by atoms with van der Waals surface area (Å²) in [6, 6.07) is 10.7. The van der Waals surface area contributed by atoms with Crippen LogP contribution in [0.15, 0.2) is 48.5 Å². The predicted molar refractivity (Wildman–Crippen MR) is 99.1 cm³/mol. The second-order valence-electron chi connectivity index (χ2n) is 6.26. The minimum atomic E-state index is -4.57. The summed E-state index contributed by atoms with van der Waals surface area (Å²) >= 11 is 0. The maximum atomic E-state index is 12.8. The molecule has 3 aromatic rings. The Balaban J connectivity index is 1.77. The summed E-state index contributed by atoms with van der Waals surface area (Å²) in [4.78, 5) is 28.9.